The number of anilines is 1. The zero-order valence-electron chi connectivity index (χ0n) is 13.3. The number of carbonyl (C=O) groups excluding carboxylic acids is 1. The Kier molecular flexibility index (Phi) is 5.08. The maximum absolute atomic E-state index is 13.4. The van der Waals surface area contributed by atoms with Gasteiger partial charge in [0, 0.05) is 0 Å². The van der Waals surface area contributed by atoms with E-state index in [-0.39, 0.29) is 21.9 Å². The maximum Gasteiger partial charge on any atom is 0.337 e. The van der Waals surface area contributed by atoms with Crippen LogP contribution in [0, 0.1) is 12.7 Å². The Hall–Kier alpha value is -2.61. The van der Waals surface area contributed by atoms with Crippen molar-refractivity contribution in [1.82, 2.24) is 0 Å². The summed E-state index contributed by atoms with van der Waals surface area (Å²) < 4.78 is 50.5. The number of nitrogens with one attached hydrogen (secondary N) is 1. The average molecular weight is 353 g/mol. The molecular formula is C16H16FNO5S. The summed E-state index contributed by atoms with van der Waals surface area (Å²) in [5.41, 5.74) is 0.572. The summed E-state index contributed by atoms with van der Waals surface area (Å²) in [7, 11) is -1.50. The minimum atomic E-state index is -4.07. The Morgan fingerprint density at radius 3 is 2.46 bits per heavy atom. The second-order valence-electron chi connectivity index (χ2n) is 4.92. The molecule has 0 aliphatic heterocycles. The Labute approximate surface area is 139 Å². The van der Waals surface area contributed by atoms with Crippen LogP contribution in [-0.2, 0) is 14.8 Å². The Morgan fingerprint density at radius 1 is 1.12 bits per heavy atom. The second-order valence-corrected chi connectivity index (χ2v) is 6.57. The van der Waals surface area contributed by atoms with Crippen LogP contribution < -0.4 is 9.46 Å². The lowest BCUT2D eigenvalue weighted by Gasteiger charge is -2.14. The van der Waals surface area contributed by atoms with Gasteiger partial charge < -0.3 is 9.47 Å². The molecule has 0 amide bonds. The van der Waals surface area contributed by atoms with Gasteiger partial charge in [0.15, 0.2) is 0 Å². The van der Waals surface area contributed by atoms with Crippen molar-refractivity contribution in [1.29, 1.82) is 0 Å². The zero-order chi connectivity index (χ0) is 17.9. The van der Waals surface area contributed by atoms with Gasteiger partial charge in [0.05, 0.1) is 30.4 Å². The molecule has 1 N–H and O–H groups in total. The average Bonchev–Trinajstić information content (AvgIpc) is 2.55. The van der Waals surface area contributed by atoms with Crippen LogP contribution in [0.25, 0.3) is 0 Å². The first-order valence-corrected chi connectivity index (χ1v) is 8.32. The largest absolute Gasteiger partial charge is 0.495 e. The van der Waals surface area contributed by atoms with Gasteiger partial charge in [-0.3, -0.25) is 4.72 Å². The van der Waals surface area contributed by atoms with Crippen molar-refractivity contribution >= 4 is 21.7 Å². The summed E-state index contributed by atoms with van der Waals surface area (Å²) in [5.74, 6) is -1.09. The minimum Gasteiger partial charge on any atom is -0.495 e. The van der Waals surface area contributed by atoms with Gasteiger partial charge in [-0.25, -0.2) is 17.6 Å². The van der Waals surface area contributed by atoms with Gasteiger partial charge in [-0.1, -0.05) is 6.07 Å². The molecule has 2 aromatic rings. The molecule has 6 nitrogen and oxygen atoms in total. The van der Waals surface area contributed by atoms with Crippen LogP contribution >= 0.6 is 0 Å². The van der Waals surface area contributed by atoms with Crippen LogP contribution in [0.2, 0.25) is 0 Å². The third-order valence-corrected chi connectivity index (χ3v) is 4.81. The second kappa shape index (κ2) is 6.88. The molecule has 0 aliphatic rings. The summed E-state index contributed by atoms with van der Waals surface area (Å²) >= 11 is 0. The highest BCUT2D eigenvalue weighted by atomic mass is 32.2. The number of halogens is 1. The van der Waals surface area contributed by atoms with E-state index in [1.54, 1.807) is 6.92 Å². The molecule has 0 radical (unpaired) electrons. The molecule has 8 heteroatoms. The van der Waals surface area contributed by atoms with Crippen LogP contribution in [0.15, 0.2) is 41.3 Å². The Balaban J connectivity index is 2.48. The molecule has 0 bridgehead atoms. The first kappa shape index (κ1) is 17.7. The SMILES string of the molecule is COC(=O)c1ccc(OC)c(NS(=O)(=O)c2cc(F)ccc2C)c1. The third-order valence-electron chi connectivity index (χ3n) is 3.30. The molecule has 0 saturated carbocycles. The first-order chi connectivity index (χ1) is 11.3. The van der Waals surface area contributed by atoms with Crippen molar-refractivity contribution in [2.75, 3.05) is 18.9 Å². The molecule has 128 valence electrons. The number of rotatable bonds is 5. The number of carbonyl (C=O) groups is 1. The topological polar surface area (TPSA) is 81.7 Å². The lowest BCUT2D eigenvalue weighted by Crippen LogP contribution is -2.16. The molecule has 0 heterocycles. The Bertz CT molecular complexity index is 880. The Morgan fingerprint density at radius 2 is 1.83 bits per heavy atom. The highest BCUT2D eigenvalue weighted by molar-refractivity contribution is 7.92. The van der Waals surface area contributed by atoms with Crippen molar-refractivity contribution in [2.24, 2.45) is 0 Å². The van der Waals surface area contributed by atoms with Gasteiger partial charge in [-0.05, 0) is 42.8 Å². The van der Waals surface area contributed by atoms with Crippen molar-refractivity contribution in [3.63, 3.8) is 0 Å². The van der Waals surface area contributed by atoms with E-state index in [0.717, 1.165) is 6.07 Å². The highest BCUT2D eigenvalue weighted by Gasteiger charge is 2.21. The van der Waals surface area contributed by atoms with Crippen LogP contribution in [0.4, 0.5) is 10.1 Å². The highest BCUT2D eigenvalue weighted by Crippen LogP contribution is 2.29. The predicted molar refractivity (Wildman–Crippen MR) is 86.3 cm³/mol. The minimum absolute atomic E-state index is 0.0454. The van der Waals surface area contributed by atoms with E-state index in [0.29, 0.717) is 5.56 Å². The normalized spacial score (nSPS) is 11.0. The van der Waals surface area contributed by atoms with Crippen molar-refractivity contribution in [3.8, 4) is 5.75 Å². The number of esters is 1. The number of methoxy groups -OCH3 is 2. The van der Waals surface area contributed by atoms with Gasteiger partial charge in [-0.2, -0.15) is 0 Å². The quantitative estimate of drug-likeness (QED) is 0.836. The fourth-order valence-corrected chi connectivity index (χ4v) is 3.41. The molecule has 0 saturated heterocycles. The van der Waals surface area contributed by atoms with Gasteiger partial charge in [0.2, 0.25) is 0 Å². The fraction of sp³-hybridized carbons (Fsp3) is 0.188. The summed E-state index contributed by atoms with van der Waals surface area (Å²) in [6.45, 7) is 1.55. The van der Waals surface area contributed by atoms with Gasteiger partial charge >= 0.3 is 5.97 Å². The van der Waals surface area contributed by atoms with E-state index in [2.05, 4.69) is 9.46 Å². The van der Waals surface area contributed by atoms with E-state index in [9.17, 15) is 17.6 Å². The molecule has 0 aromatic heterocycles. The zero-order valence-corrected chi connectivity index (χ0v) is 14.1. The van der Waals surface area contributed by atoms with Gasteiger partial charge in [0.25, 0.3) is 10.0 Å². The summed E-state index contributed by atoms with van der Waals surface area (Å²) in [6, 6.07) is 7.63. The van der Waals surface area contributed by atoms with Crippen LogP contribution in [0.5, 0.6) is 5.75 Å². The molecule has 24 heavy (non-hydrogen) atoms. The number of ether oxygens (including phenoxy) is 2. The monoisotopic (exact) mass is 353 g/mol. The summed E-state index contributed by atoms with van der Waals surface area (Å²) in [5, 5.41) is 0. The van der Waals surface area contributed by atoms with E-state index in [4.69, 9.17) is 4.74 Å². The first-order valence-electron chi connectivity index (χ1n) is 6.84. The molecule has 0 atom stereocenters. The van der Waals surface area contributed by atoms with Crippen LogP contribution in [-0.4, -0.2) is 28.6 Å². The third kappa shape index (κ3) is 3.65. The van der Waals surface area contributed by atoms with E-state index >= 15 is 0 Å². The van der Waals surface area contributed by atoms with Crippen LogP contribution in [0.1, 0.15) is 15.9 Å². The van der Waals surface area contributed by atoms with Crippen molar-refractivity contribution in [2.45, 2.75) is 11.8 Å². The molecule has 0 spiro atoms. The fourth-order valence-electron chi connectivity index (χ4n) is 2.10. The molecule has 0 aliphatic carbocycles. The molecule has 0 unspecified atom stereocenters. The number of aryl methyl sites for hydroxylation is 1. The van der Waals surface area contributed by atoms with E-state index in [1.807, 2.05) is 0 Å². The lowest BCUT2D eigenvalue weighted by molar-refractivity contribution is 0.0600. The molecule has 0 fully saturated rings. The van der Waals surface area contributed by atoms with Gasteiger partial charge in [-0.15, -0.1) is 0 Å². The van der Waals surface area contributed by atoms with E-state index < -0.39 is 21.8 Å². The number of benzene rings is 2. The van der Waals surface area contributed by atoms with Gasteiger partial charge in [0.1, 0.15) is 11.6 Å². The summed E-state index contributed by atoms with van der Waals surface area (Å²) in [4.78, 5) is 11.4. The molecule has 2 rings (SSSR count). The predicted octanol–water partition coefficient (Wildman–Crippen LogP) is 2.73. The summed E-state index contributed by atoms with van der Waals surface area (Å²) in [6.07, 6.45) is 0. The van der Waals surface area contributed by atoms with Crippen LogP contribution in [0.3, 0.4) is 0 Å². The standard InChI is InChI=1S/C16H16FNO5S/c1-10-4-6-12(17)9-15(10)24(20,21)18-13-8-11(16(19)23-3)5-7-14(13)22-2/h4-9,18H,1-3H3. The number of hydrogen-bond donors (Lipinski definition) is 1. The number of sulfonamides is 1. The smallest absolute Gasteiger partial charge is 0.337 e. The van der Waals surface area contributed by atoms with Crippen molar-refractivity contribution < 1.29 is 27.1 Å². The van der Waals surface area contributed by atoms with E-state index in [1.165, 1.54) is 44.6 Å². The molecular weight excluding hydrogens is 337 g/mol. The number of hydrogen-bond acceptors (Lipinski definition) is 5. The molecule has 2 aromatic carbocycles. The maximum atomic E-state index is 13.4. The van der Waals surface area contributed by atoms with Crippen molar-refractivity contribution in [3.05, 3.63) is 53.3 Å². The lowest BCUT2D eigenvalue weighted by atomic mass is 10.2.